The van der Waals surface area contributed by atoms with Crippen molar-refractivity contribution in [2.24, 2.45) is 0 Å². The average Bonchev–Trinajstić information content (AvgIpc) is 1.66. The number of hydrogen-bond acceptors (Lipinski definition) is 3. The zero-order valence-corrected chi connectivity index (χ0v) is 54.5. The van der Waals surface area contributed by atoms with Crippen molar-refractivity contribution < 1.29 is 0 Å². The zero-order valence-electron chi connectivity index (χ0n) is 54.5. The van der Waals surface area contributed by atoms with E-state index in [0.717, 1.165) is 32.1 Å². The second-order valence-electron chi connectivity index (χ2n) is 32.3. The Kier molecular flexibility index (Phi) is 12.3. The summed E-state index contributed by atoms with van der Waals surface area (Å²) in [6.45, 7) is 42.0. The molecule has 8 aromatic carbocycles. The minimum atomic E-state index is -0.201. The molecule has 0 saturated heterocycles. The normalized spacial score (nSPS) is 21.9. The number of anilines is 8. The van der Waals surface area contributed by atoms with E-state index in [-0.39, 0.29) is 50.2 Å². The highest BCUT2D eigenvalue weighted by atomic mass is 15.3. The van der Waals surface area contributed by atoms with E-state index in [2.05, 4.69) is 284 Å². The van der Waals surface area contributed by atoms with Crippen LogP contribution in [0.4, 0.5) is 45.5 Å². The van der Waals surface area contributed by atoms with Gasteiger partial charge >= 0.3 is 0 Å². The summed E-state index contributed by atoms with van der Waals surface area (Å²) in [6, 6.07) is 61.1. The Morgan fingerprint density at radius 2 is 0.871 bits per heavy atom. The Balaban J connectivity index is 1.16. The van der Waals surface area contributed by atoms with Gasteiger partial charge in [-0.15, -0.1) is 0 Å². The third kappa shape index (κ3) is 8.39. The van der Waals surface area contributed by atoms with E-state index in [9.17, 15) is 0 Å². The minimum absolute atomic E-state index is 0.00724. The molecule has 4 heteroatoms. The number of nitrogens with zero attached hydrogens (tertiary/aromatic N) is 3. The predicted molar refractivity (Wildman–Crippen MR) is 367 cm³/mol. The molecule has 8 aromatic rings. The lowest BCUT2D eigenvalue weighted by molar-refractivity contribution is 0.195. The summed E-state index contributed by atoms with van der Waals surface area (Å²) in [5, 5.41) is 0. The van der Waals surface area contributed by atoms with Crippen LogP contribution in [0.1, 0.15) is 207 Å². The molecule has 3 aliphatic carbocycles. The van der Waals surface area contributed by atoms with Crippen molar-refractivity contribution in [1.29, 1.82) is 0 Å². The largest absolute Gasteiger partial charge is 0.334 e. The first-order chi connectivity index (χ1) is 40.0. The average molecular weight is 1120 g/mol. The summed E-state index contributed by atoms with van der Waals surface area (Å²) in [5.41, 5.74) is 30.8. The van der Waals surface area contributed by atoms with Crippen LogP contribution in [0.2, 0.25) is 0 Å². The van der Waals surface area contributed by atoms with Gasteiger partial charge in [0.2, 0.25) is 0 Å². The summed E-state index contributed by atoms with van der Waals surface area (Å²) in [5.74, 6) is 0. The molecule has 0 N–H and O–H groups in total. The third-order valence-corrected chi connectivity index (χ3v) is 23.0. The quantitative estimate of drug-likeness (QED) is 0.159. The first-order valence-electron chi connectivity index (χ1n) is 32.5. The van der Waals surface area contributed by atoms with Crippen molar-refractivity contribution in [3.63, 3.8) is 0 Å². The van der Waals surface area contributed by atoms with E-state index in [4.69, 9.17) is 0 Å². The molecular formula is C81H92BN3. The van der Waals surface area contributed by atoms with E-state index < -0.39 is 0 Å². The van der Waals surface area contributed by atoms with E-state index in [1.807, 2.05) is 0 Å². The Bertz CT molecular complexity index is 4050. The smallest absolute Gasteiger partial charge is 0.252 e. The van der Waals surface area contributed by atoms with Crippen LogP contribution >= 0.6 is 0 Å². The number of hydrogen-bond donors (Lipinski definition) is 0. The molecule has 85 heavy (non-hydrogen) atoms. The lowest BCUT2D eigenvalue weighted by atomic mass is 9.33. The highest BCUT2D eigenvalue weighted by molar-refractivity contribution is 7.00. The van der Waals surface area contributed by atoms with Gasteiger partial charge in [0.25, 0.3) is 6.71 Å². The van der Waals surface area contributed by atoms with Gasteiger partial charge in [-0.3, -0.25) is 0 Å². The third-order valence-electron chi connectivity index (χ3n) is 23.0. The highest BCUT2D eigenvalue weighted by Crippen LogP contribution is 2.63. The first kappa shape index (κ1) is 56.1. The molecule has 0 spiro atoms. The minimum Gasteiger partial charge on any atom is -0.334 e. The monoisotopic (exact) mass is 1120 g/mol. The maximum Gasteiger partial charge on any atom is 0.252 e. The van der Waals surface area contributed by atoms with Crippen LogP contribution < -0.4 is 31.1 Å². The van der Waals surface area contributed by atoms with Crippen molar-refractivity contribution in [2.45, 2.75) is 213 Å². The fourth-order valence-corrected chi connectivity index (χ4v) is 17.1. The maximum atomic E-state index is 2.87. The maximum absolute atomic E-state index is 2.87. The molecule has 3 aliphatic heterocycles. The van der Waals surface area contributed by atoms with Gasteiger partial charge in [-0.1, -0.05) is 214 Å². The van der Waals surface area contributed by atoms with Crippen LogP contribution in [0.25, 0.3) is 22.3 Å². The van der Waals surface area contributed by atoms with Crippen molar-refractivity contribution in [3.05, 3.63) is 196 Å². The summed E-state index contributed by atoms with van der Waals surface area (Å²) in [4.78, 5) is 8.46. The lowest BCUT2D eigenvalue weighted by Gasteiger charge is -2.51. The lowest BCUT2D eigenvalue weighted by Crippen LogP contribution is -2.62. The summed E-state index contributed by atoms with van der Waals surface area (Å²) < 4.78 is 0. The predicted octanol–water partition coefficient (Wildman–Crippen LogP) is 20.4. The summed E-state index contributed by atoms with van der Waals surface area (Å²) >= 11 is 0. The van der Waals surface area contributed by atoms with E-state index in [0.29, 0.717) is 0 Å². The zero-order chi connectivity index (χ0) is 59.9. The van der Waals surface area contributed by atoms with Gasteiger partial charge in [-0.25, -0.2) is 0 Å². The van der Waals surface area contributed by atoms with Gasteiger partial charge in [-0.05, 0) is 217 Å². The van der Waals surface area contributed by atoms with Crippen molar-refractivity contribution in [1.82, 2.24) is 0 Å². The second kappa shape index (κ2) is 18.6. The van der Waals surface area contributed by atoms with Crippen LogP contribution in [-0.2, 0) is 37.9 Å². The molecule has 0 bridgehead atoms. The Morgan fingerprint density at radius 3 is 1.47 bits per heavy atom. The van der Waals surface area contributed by atoms with E-state index in [1.165, 1.54) is 148 Å². The molecule has 434 valence electrons. The van der Waals surface area contributed by atoms with Gasteiger partial charge in [0.05, 0.1) is 11.2 Å². The number of fused-ring (bicyclic) bond motifs is 9. The number of benzene rings is 8. The standard InChI is InChI=1S/C81H92BN3/c1-51-42-59-61(78(12,13)40-38-76(59,8)9)49-68(51)84-69-45-56(75(5,6)7)31-33-64(69)82-65-48-60-62(79(14,15)41-39-77(60,10)11)50-70(65)83(66-35-32-55(74(2,3)4)44-58(66)53-28-22-19-23-29-53)71-46-57(47-72(84)73(71)82)85-67-34-30-54(52-26-20-18-21-27-52)43-63(67)80(16)36-24-25-37-81(80,85)17/h18-23,26-35,42-50H,24-25,36-41H2,1-17H3. The summed E-state index contributed by atoms with van der Waals surface area (Å²) in [7, 11) is 0. The van der Waals surface area contributed by atoms with E-state index in [1.54, 1.807) is 0 Å². The SMILES string of the molecule is Cc1cc2c(cc1N1c3cc(C(C)(C)C)ccc3B3c4cc5c(cc4N(c4ccc(C(C)(C)C)cc4-c4ccccc4)c4cc(N6c7ccc(-c8ccccc8)cc7C7(C)CCCCC67C)cc1c43)C(C)(C)CCC5(C)C)C(C)(C)CCC2(C)C. The van der Waals surface area contributed by atoms with Gasteiger partial charge in [-0.2, -0.15) is 0 Å². The fraction of sp³-hybridized carbons (Fsp3) is 0.407. The topological polar surface area (TPSA) is 9.72 Å². The number of rotatable bonds is 5. The molecule has 2 atom stereocenters. The van der Waals surface area contributed by atoms with Crippen LogP contribution in [-0.4, -0.2) is 12.3 Å². The molecule has 0 amide bonds. The Hall–Kier alpha value is -6.78. The molecule has 0 aromatic heterocycles. The van der Waals surface area contributed by atoms with Crippen molar-refractivity contribution in [2.75, 3.05) is 14.7 Å². The molecule has 14 rings (SSSR count). The van der Waals surface area contributed by atoms with Crippen LogP contribution in [0.3, 0.4) is 0 Å². The molecule has 1 saturated carbocycles. The van der Waals surface area contributed by atoms with Gasteiger partial charge in [0, 0.05) is 50.8 Å². The molecule has 3 nitrogen and oxygen atoms in total. The van der Waals surface area contributed by atoms with Crippen LogP contribution in [0.15, 0.2) is 152 Å². The number of aryl methyl sites for hydroxylation is 1. The molecule has 6 aliphatic rings. The first-order valence-corrected chi connectivity index (χ1v) is 32.5. The summed E-state index contributed by atoms with van der Waals surface area (Å²) in [6.07, 6.45) is 9.34. The van der Waals surface area contributed by atoms with Gasteiger partial charge in [0.1, 0.15) is 0 Å². The van der Waals surface area contributed by atoms with Gasteiger partial charge in [0.15, 0.2) is 0 Å². The second-order valence-corrected chi connectivity index (χ2v) is 32.3. The molecule has 3 heterocycles. The van der Waals surface area contributed by atoms with Crippen LogP contribution in [0, 0.1) is 6.92 Å². The van der Waals surface area contributed by atoms with Gasteiger partial charge < -0.3 is 14.7 Å². The Labute approximate surface area is 511 Å². The molecule has 2 unspecified atom stereocenters. The van der Waals surface area contributed by atoms with Crippen molar-refractivity contribution in [3.8, 4) is 22.3 Å². The van der Waals surface area contributed by atoms with E-state index >= 15 is 0 Å². The molecule has 1 fully saturated rings. The molecule has 0 radical (unpaired) electrons. The Morgan fingerprint density at radius 1 is 0.376 bits per heavy atom. The molecular weight excluding hydrogens is 1030 g/mol. The highest BCUT2D eigenvalue weighted by Gasteiger charge is 2.59. The van der Waals surface area contributed by atoms with Crippen molar-refractivity contribution >= 4 is 68.6 Å². The van der Waals surface area contributed by atoms with Crippen LogP contribution in [0.5, 0.6) is 0 Å². The fourth-order valence-electron chi connectivity index (χ4n) is 17.1.